The Kier molecular flexibility index (Phi) is 6.01. The molecule has 1 saturated heterocycles. The smallest absolute Gasteiger partial charge is 0.378 e. The number of amides is 1. The maximum absolute atomic E-state index is 13.5. The fraction of sp³-hybridized carbons (Fsp3) is 0.444. The number of hydrogen-bond donors (Lipinski definition) is 1. The number of nitrogens with zero attached hydrogens (tertiary/aromatic N) is 2. The second-order valence-electron chi connectivity index (χ2n) is 6.25. The Morgan fingerprint density at radius 3 is 2.70 bits per heavy atom. The number of anilines is 1. The third kappa shape index (κ3) is 5.20. The number of carbonyl (C=O) groups excluding carboxylic acids is 1. The molecule has 0 atom stereocenters. The van der Waals surface area contributed by atoms with Gasteiger partial charge in [0.1, 0.15) is 0 Å². The van der Waals surface area contributed by atoms with Gasteiger partial charge in [0, 0.05) is 30.7 Å². The summed E-state index contributed by atoms with van der Waals surface area (Å²) in [4.78, 5) is 18.1. The van der Waals surface area contributed by atoms with Crippen molar-refractivity contribution < 1.29 is 22.7 Å². The lowest BCUT2D eigenvalue weighted by Crippen LogP contribution is -2.36. The second kappa shape index (κ2) is 8.26. The molecule has 1 fully saturated rings. The number of carbonyl (C=O) groups is 1. The minimum Gasteiger partial charge on any atom is -0.378 e. The van der Waals surface area contributed by atoms with Crippen molar-refractivity contribution in [3.8, 4) is 0 Å². The molecule has 146 valence electrons. The number of halogens is 3. The summed E-state index contributed by atoms with van der Waals surface area (Å²) < 4.78 is 45.8. The minimum absolute atomic E-state index is 0.0438. The normalized spacial score (nSPS) is 15.0. The number of ether oxygens (including phenoxy) is 1. The lowest BCUT2D eigenvalue weighted by atomic mass is 10.0. The first-order valence-electron chi connectivity index (χ1n) is 8.53. The van der Waals surface area contributed by atoms with Crippen molar-refractivity contribution in [2.45, 2.75) is 26.1 Å². The van der Waals surface area contributed by atoms with E-state index in [2.05, 4.69) is 10.3 Å². The molecular weight excluding hydrogens is 379 g/mol. The van der Waals surface area contributed by atoms with Gasteiger partial charge in [-0.25, -0.2) is 4.98 Å². The maximum Gasteiger partial charge on any atom is 0.416 e. The molecule has 0 aliphatic carbocycles. The van der Waals surface area contributed by atoms with Gasteiger partial charge >= 0.3 is 6.18 Å². The van der Waals surface area contributed by atoms with E-state index in [4.69, 9.17) is 4.74 Å². The molecular formula is C18H20F3N3O2S. The van der Waals surface area contributed by atoms with Crippen molar-refractivity contribution in [3.05, 3.63) is 45.4 Å². The topological polar surface area (TPSA) is 54.5 Å². The molecule has 1 aliphatic heterocycles. The van der Waals surface area contributed by atoms with E-state index in [0.717, 1.165) is 11.1 Å². The average Bonchev–Trinajstić information content (AvgIpc) is 3.04. The van der Waals surface area contributed by atoms with Gasteiger partial charge < -0.3 is 15.0 Å². The number of alkyl halides is 3. The van der Waals surface area contributed by atoms with Crippen molar-refractivity contribution in [2.75, 3.05) is 31.2 Å². The van der Waals surface area contributed by atoms with E-state index in [0.29, 0.717) is 37.7 Å². The fourth-order valence-electron chi connectivity index (χ4n) is 2.91. The van der Waals surface area contributed by atoms with Crippen LogP contribution in [0.4, 0.5) is 18.9 Å². The third-order valence-corrected chi connectivity index (χ3v) is 5.08. The van der Waals surface area contributed by atoms with Gasteiger partial charge in [0.05, 0.1) is 35.9 Å². The fourth-order valence-corrected chi connectivity index (χ4v) is 3.52. The first-order valence-corrected chi connectivity index (χ1v) is 9.41. The van der Waals surface area contributed by atoms with Gasteiger partial charge in [-0.05, 0) is 24.6 Å². The van der Waals surface area contributed by atoms with Crippen LogP contribution in [0, 0.1) is 6.92 Å². The van der Waals surface area contributed by atoms with Gasteiger partial charge in [0.25, 0.3) is 0 Å². The van der Waals surface area contributed by atoms with E-state index in [9.17, 15) is 18.0 Å². The quantitative estimate of drug-likeness (QED) is 0.839. The zero-order valence-electron chi connectivity index (χ0n) is 14.8. The molecule has 1 aromatic heterocycles. The van der Waals surface area contributed by atoms with Gasteiger partial charge in [-0.1, -0.05) is 6.07 Å². The highest BCUT2D eigenvalue weighted by Gasteiger charge is 2.34. The van der Waals surface area contributed by atoms with Gasteiger partial charge in [-0.15, -0.1) is 11.3 Å². The van der Waals surface area contributed by atoms with Crippen LogP contribution in [0.3, 0.4) is 0 Å². The molecule has 0 spiro atoms. The molecule has 0 bridgehead atoms. The van der Waals surface area contributed by atoms with Gasteiger partial charge in [0.15, 0.2) is 0 Å². The number of nitrogens with one attached hydrogen (secondary N) is 1. The summed E-state index contributed by atoms with van der Waals surface area (Å²) in [6.45, 7) is 3.75. The molecule has 9 heteroatoms. The molecule has 1 N–H and O–H groups in total. The molecule has 2 aromatic rings. The van der Waals surface area contributed by atoms with Crippen LogP contribution < -0.4 is 10.2 Å². The standard InChI is InChI=1S/C18H20F3N3O2S/c1-12-23-14(11-27-12)8-17(25)22-10-13-2-3-15(9-16(13)18(19,20)21)24-4-6-26-7-5-24/h2-3,9,11H,4-8,10H2,1H3,(H,22,25). The zero-order chi connectivity index (χ0) is 19.4. The van der Waals surface area contributed by atoms with Crippen molar-refractivity contribution >= 4 is 22.9 Å². The van der Waals surface area contributed by atoms with Crippen LogP contribution in [-0.2, 0) is 28.7 Å². The summed E-state index contributed by atoms with van der Waals surface area (Å²) >= 11 is 1.43. The SMILES string of the molecule is Cc1nc(CC(=O)NCc2ccc(N3CCOCC3)cc2C(F)(F)F)cs1. The number of morpholine rings is 1. The van der Waals surface area contributed by atoms with E-state index >= 15 is 0 Å². The monoisotopic (exact) mass is 399 g/mol. The predicted octanol–water partition coefficient (Wildman–Crippen LogP) is 3.17. The molecule has 3 rings (SSSR count). The largest absolute Gasteiger partial charge is 0.416 e. The average molecular weight is 399 g/mol. The Morgan fingerprint density at radius 1 is 1.33 bits per heavy atom. The lowest BCUT2D eigenvalue weighted by Gasteiger charge is -2.29. The van der Waals surface area contributed by atoms with Crippen LogP contribution in [0.1, 0.15) is 21.8 Å². The Hall–Kier alpha value is -2.13. The third-order valence-electron chi connectivity index (χ3n) is 4.26. The number of aryl methyl sites for hydroxylation is 1. The van der Waals surface area contributed by atoms with E-state index in [1.165, 1.54) is 17.4 Å². The highest BCUT2D eigenvalue weighted by atomic mass is 32.1. The highest BCUT2D eigenvalue weighted by molar-refractivity contribution is 7.09. The summed E-state index contributed by atoms with van der Waals surface area (Å²) in [5, 5.41) is 5.17. The molecule has 0 unspecified atom stereocenters. The molecule has 1 amide bonds. The second-order valence-corrected chi connectivity index (χ2v) is 7.31. The van der Waals surface area contributed by atoms with E-state index in [-0.39, 0.29) is 24.4 Å². The van der Waals surface area contributed by atoms with Crippen LogP contribution in [0.15, 0.2) is 23.6 Å². The van der Waals surface area contributed by atoms with Crippen LogP contribution in [-0.4, -0.2) is 37.2 Å². The van der Waals surface area contributed by atoms with E-state index in [1.54, 1.807) is 11.4 Å². The van der Waals surface area contributed by atoms with E-state index in [1.807, 2.05) is 11.8 Å². The van der Waals surface area contributed by atoms with Gasteiger partial charge in [0.2, 0.25) is 5.91 Å². The Labute approximate surface area is 159 Å². The molecule has 27 heavy (non-hydrogen) atoms. The number of aromatic nitrogens is 1. The van der Waals surface area contributed by atoms with Gasteiger partial charge in [-0.3, -0.25) is 4.79 Å². The first kappa shape index (κ1) is 19.6. The highest BCUT2D eigenvalue weighted by Crippen LogP contribution is 2.35. The number of rotatable bonds is 5. The molecule has 0 radical (unpaired) electrons. The Morgan fingerprint density at radius 2 is 2.07 bits per heavy atom. The van der Waals surface area contributed by atoms with Crippen molar-refractivity contribution in [1.82, 2.24) is 10.3 Å². The molecule has 2 heterocycles. The van der Waals surface area contributed by atoms with Crippen LogP contribution in [0.25, 0.3) is 0 Å². The van der Waals surface area contributed by atoms with Crippen LogP contribution in [0.5, 0.6) is 0 Å². The molecule has 1 aromatic carbocycles. The Balaban J connectivity index is 1.70. The maximum atomic E-state index is 13.5. The molecule has 1 aliphatic rings. The first-order chi connectivity index (χ1) is 12.8. The van der Waals surface area contributed by atoms with Crippen molar-refractivity contribution in [2.24, 2.45) is 0 Å². The van der Waals surface area contributed by atoms with E-state index < -0.39 is 11.7 Å². The zero-order valence-corrected chi connectivity index (χ0v) is 15.6. The lowest BCUT2D eigenvalue weighted by molar-refractivity contribution is -0.138. The van der Waals surface area contributed by atoms with Gasteiger partial charge in [-0.2, -0.15) is 13.2 Å². The Bertz CT molecular complexity index is 801. The summed E-state index contributed by atoms with van der Waals surface area (Å²) in [7, 11) is 0. The van der Waals surface area contributed by atoms with Crippen LogP contribution >= 0.6 is 11.3 Å². The number of hydrogen-bond acceptors (Lipinski definition) is 5. The van der Waals surface area contributed by atoms with Crippen LogP contribution in [0.2, 0.25) is 0 Å². The minimum atomic E-state index is -4.49. The number of benzene rings is 1. The summed E-state index contributed by atoms with van der Waals surface area (Å²) in [5.74, 6) is -0.356. The van der Waals surface area contributed by atoms with Crippen molar-refractivity contribution in [1.29, 1.82) is 0 Å². The molecule has 0 saturated carbocycles. The summed E-state index contributed by atoms with van der Waals surface area (Å²) in [5.41, 5.74) is 0.450. The summed E-state index contributed by atoms with van der Waals surface area (Å²) in [6.07, 6.45) is -4.44. The summed E-state index contributed by atoms with van der Waals surface area (Å²) in [6, 6.07) is 4.24. The molecule has 5 nitrogen and oxygen atoms in total. The van der Waals surface area contributed by atoms with Crippen molar-refractivity contribution in [3.63, 3.8) is 0 Å². The predicted molar refractivity (Wildman–Crippen MR) is 96.9 cm³/mol. The number of thiazole rings is 1.